The number of piperazine rings is 1. The zero-order valence-corrected chi connectivity index (χ0v) is 10.2. The molecule has 1 fully saturated rings. The van der Waals surface area contributed by atoms with E-state index in [1.165, 1.54) is 0 Å². The molecule has 0 radical (unpaired) electrons. The maximum Gasteiger partial charge on any atom is 0.343 e. The normalized spacial score (nSPS) is 20.9. The van der Waals surface area contributed by atoms with Crippen molar-refractivity contribution in [2.75, 3.05) is 45.8 Å². The van der Waals surface area contributed by atoms with Crippen molar-refractivity contribution in [3.8, 4) is 0 Å². The van der Waals surface area contributed by atoms with E-state index in [0.29, 0.717) is 6.54 Å². The van der Waals surface area contributed by atoms with Gasteiger partial charge in [0.1, 0.15) is 5.78 Å². The molecule has 0 saturated carbocycles. The molecule has 0 unspecified atom stereocenters. The summed E-state index contributed by atoms with van der Waals surface area (Å²) >= 11 is 0. The van der Waals surface area contributed by atoms with Gasteiger partial charge in [-0.3, -0.25) is 9.46 Å². The molecule has 1 atom stereocenters. The number of hydrogen-bond acceptors (Lipinski definition) is 5. The van der Waals surface area contributed by atoms with Crippen LogP contribution in [-0.4, -0.2) is 66.3 Å². The molecule has 1 rings (SSSR count). The third kappa shape index (κ3) is 5.36. The molecule has 96 valence electrons. The molecule has 0 bridgehead atoms. The Balaban J connectivity index is 2.05. The van der Waals surface area contributed by atoms with Crippen LogP contribution in [0.3, 0.4) is 0 Å². The van der Waals surface area contributed by atoms with Gasteiger partial charge in [0.15, 0.2) is 0 Å². The van der Waals surface area contributed by atoms with Crippen LogP contribution >= 0.6 is 7.60 Å². The Morgan fingerprint density at radius 3 is 2.62 bits per heavy atom. The van der Waals surface area contributed by atoms with E-state index in [-0.39, 0.29) is 6.54 Å². The van der Waals surface area contributed by atoms with E-state index in [1.807, 2.05) is 0 Å². The van der Waals surface area contributed by atoms with Crippen molar-refractivity contribution in [3.05, 3.63) is 0 Å². The summed E-state index contributed by atoms with van der Waals surface area (Å²) in [6.45, 7) is 5.78. The van der Waals surface area contributed by atoms with Gasteiger partial charge in [-0.15, -0.1) is 0 Å². The number of rotatable bonds is 6. The van der Waals surface area contributed by atoms with E-state index >= 15 is 0 Å². The van der Waals surface area contributed by atoms with Crippen LogP contribution in [0.5, 0.6) is 0 Å². The highest BCUT2D eigenvalue weighted by molar-refractivity contribution is 7.52. The van der Waals surface area contributed by atoms with Crippen molar-refractivity contribution in [2.45, 2.75) is 5.78 Å². The summed E-state index contributed by atoms with van der Waals surface area (Å²) in [5.74, 6) is -1.10. The van der Waals surface area contributed by atoms with E-state index in [1.54, 1.807) is 0 Å². The second-order valence-electron chi connectivity index (χ2n) is 3.95. The van der Waals surface area contributed by atoms with Crippen LogP contribution in [0.4, 0.5) is 0 Å². The molecule has 7 nitrogen and oxygen atoms in total. The van der Waals surface area contributed by atoms with Crippen molar-refractivity contribution >= 4 is 7.60 Å². The minimum atomic E-state index is -4.14. The van der Waals surface area contributed by atoms with Gasteiger partial charge in [-0.25, -0.2) is 0 Å². The summed E-state index contributed by atoms with van der Waals surface area (Å²) < 4.78 is 10.7. The third-order valence-corrected chi connectivity index (χ3v) is 3.65. The summed E-state index contributed by atoms with van der Waals surface area (Å²) in [6.07, 6.45) is 0. The van der Waals surface area contributed by atoms with E-state index < -0.39 is 13.4 Å². The summed E-state index contributed by atoms with van der Waals surface area (Å²) in [4.78, 5) is 19.8. The minimum absolute atomic E-state index is 0.149. The van der Waals surface area contributed by atoms with Crippen LogP contribution in [0.25, 0.3) is 0 Å². The van der Waals surface area contributed by atoms with Crippen molar-refractivity contribution < 1.29 is 14.4 Å². The molecule has 1 aliphatic heterocycles. The largest absolute Gasteiger partial charge is 0.343 e. The van der Waals surface area contributed by atoms with Gasteiger partial charge in [0.05, 0.1) is 0 Å². The number of nitrogens with zero attached hydrogens (tertiary/aromatic N) is 1. The fraction of sp³-hybridized carbons (Fsp3) is 1.00. The number of nitrogens with one attached hydrogen (secondary N) is 2. The predicted octanol–water partition coefficient (Wildman–Crippen LogP) is -2.06. The molecule has 1 heterocycles. The van der Waals surface area contributed by atoms with Crippen LogP contribution in [0, 0.1) is 0 Å². The molecule has 0 spiro atoms. The molecule has 0 aromatic heterocycles. The maximum atomic E-state index is 10.7. The highest BCUT2D eigenvalue weighted by atomic mass is 31.2. The van der Waals surface area contributed by atoms with Gasteiger partial charge < -0.3 is 26.2 Å². The molecule has 1 aliphatic rings. The lowest BCUT2D eigenvalue weighted by atomic mass is 10.3. The lowest BCUT2D eigenvalue weighted by Crippen LogP contribution is -2.46. The van der Waals surface area contributed by atoms with Gasteiger partial charge in [0.2, 0.25) is 0 Å². The molecule has 16 heavy (non-hydrogen) atoms. The first-order chi connectivity index (χ1) is 7.50. The zero-order valence-electron chi connectivity index (χ0n) is 9.30. The number of nitrogens with two attached hydrogens (primary N) is 1. The second kappa shape index (κ2) is 6.66. The quantitative estimate of drug-likeness (QED) is 0.273. The van der Waals surface area contributed by atoms with Crippen LogP contribution in [0.1, 0.15) is 0 Å². The Bertz CT molecular complexity index is 241. The van der Waals surface area contributed by atoms with E-state index in [2.05, 4.69) is 15.5 Å². The maximum absolute atomic E-state index is 10.7. The minimum Gasteiger partial charge on any atom is -0.323 e. The van der Waals surface area contributed by atoms with Crippen LogP contribution in [0.15, 0.2) is 0 Å². The summed E-state index contributed by atoms with van der Waals surface area (Å²) in [5.41, 5.74) is 5.32. The second-order valence-corrected chi connectivity index (χ2v) is 5.79. The first-order valence-electron chi connectivity index (χ1n) is 5.45. The molecular weight excluding hydrogens is 231 g/mol. The molecule has 8 heteroatoms. The smallest absolute Gasteiger partial charge is 0.323 e. The first kappa shape index (κ1) is 14.1. The standard InChI is InChI=1S/C8H21N4O3P/c9-8(16(13,14)15)7-11-3-6-12-4-1-10-2-5-12/h8,10-11H,1-7,9H2,(H2,13,14,15)/t8-/m1/s1. The monoisotopic (exact) mass is 252 g/mol. The Kier molecular flexibility index (Phi) is 5.85. The van der Waals surface area contributed by atoms with Crippen molar-refractivity contribution in [1.29, 1.82) is 0 Å². The van der Waals surface area contributed by atoms with Gasteiger partial charge >= 0.3 is 7.60 Å². The Morgan fingerprint density at radius 1 is 1.44 bits per heavy atom. The van der Waals surface area contributed by atoms with E-state index in [0.717, 1.165) is 32.7 Å². The molecule has 0 aliphatic carbocycles. The average molecular weight is 252 g/mol. The van der Waals surface area contributed by atoms with Gasteiger partial charge in [-0.2, -0.15) is 0 Å². The lowest BCUT2D eigenvalue weighted by Gasteiger charge is -2.27. The molecule has 1 saturated heterocycles. The summed E-state index contributed by atoms with van der Waals surface area (Å²) in [5, 5.41) is 6.22. The van der Waals surface area contributed by atoms with Crippen LogP contribution < -0.4 is 16.4 Å². The van der Waals surface area contributed by atoms with E-state index in [9.17, 15) is 4.57 Å². The van der Waals surface area contributed by atoms with Crippen molar-refractivity contribution in [2.24, 2.45) is 5.73 Å². The fourth-order valence-electron chi connectivity index (χ4n) is 1.54. The summed E-state index contributed by atoms with van der Waals surface area (Å²) in [7, 11) is -4.14. The molecule has 6 N–H and O–H groups in total. The van der Waals surface area contributed by atoms with Gasteiger partial charge in [0, 0.05) is 45.8 Å². The predicted molar refractivity (Wildman–Crippen MR) is 62.2 cm³/mol. The first-order valence-corrected chi connectivity index (χ1v) is 7.13. The average Bonchev–Trinajstić information content (AvgIpc) is 2.24. The molecule has 0 amide bonds. The van der Waals surface area contributed by atoms with Crippen LogP contribution in [0.2, 0.25) is 0 Å². The topological polar surface area (TPSA) is 111 Å². The highest BCUT2D eigenvalue weighted by Gasteiger charge is 2.23. The Hall–Kier alpha value is -0.0100. The Labute approximate surface area is 95.5 Å². The molecule has 0 aromatic carbocycles. The molecular formula is C8H21N4O3P. The SMILES string of the molecule is N[C@@H](CNCCN1CCNCC1)P(=O)(O)O. The highest BCUT2D eigenvalue weighted by Crippen LogP contribution is 2.37. The van der Waals surface area contributed by atoms with Gasteiger partial charge in [0.25, 0.3) is 0 Å². The number of hydrogen-bond donors (Lipinski definition) is 5. The van der Waals surface area contributed by atoms with Gasteiger partial charge in [-0.05, 0) is 0 Å². The van der Waals surface area contributed by atoms with Crippen molar-refractivity contribution in [3.63, 3.8) is 0 Å². The summed E-state index contributed by atoms with van der Waals surface area (Å²) in [6, 6.07) is 0. The van der Waals surface area contributed by atoms with Crippen molar-refractivity contribution in [1.82, 2.24) is 15.5 Å². The van der Waals surface area contributed by atoms with Gasteiger partial charge in [-0.1, -0.05) is 0 Å². The van der Waals surface area contributed by atoms with E-state index in [4.69, 9.17) is 15.5 Å². The Morgan fingerprint density at radius 2 is 2.06 bits per heavy atom. The van der Waals surface area contributed by atoms with Crippen LogP contribution in [-0.2, 0) is 4.57 Å². The third-order valence-electron chi connectivity index (χ3n) is 2.60. The zero-order chi connectivity index (χ0) is 12.0. The molecule has 0 aromatic rings. The lowest BCUT2D eigenvalue weighted by molar-refractivity contribution is 0.241. The fourth-order valence-corrected chi connectivity index (χ4v) is 1.91.